The van der Waals surface area contributed by atoms with Gasteiger partial charge in [0.25, 0.3) is 0 Å². The van der Waals surface area contributed by atoms with Crippen molar-refractivity contribution in [3.63, 3.8) is 0 Å². The van der Waals surface area contributed by atoms with Crippen LogP contribution < -0.4 is 5.32 Å². The van der Waals surface area contributed by atoms with E-state index in [4.69, 9.17) is 4.42 Å². The Morgan fingerprint density at radius 1 is 1.35 bits per heavy atom. The Labute approximate surface area is 109 Å². The van der Waals surface area contributed by atoms with Gasteiger partial charge in [-0.15, -0.1) is 0 Å². The lowest BCUT2D eigenvalue weighted by Gasteiger charge is -2.10. The lowest BCUT2D eigenvalue weighted by atomic mass is 10.2. The molecule has 0 saturated heterocycles. The smallest absolute Gasteiger partial charge is 0.120 e. The first-order chi connectivity index (χ1) is 8.15. The molecule has 2 aromatic rings. The molecule has 0 saturated carbocycles. The maximum Gasteiger partial charge on any atom is 0.120 e. The average Bonchev–Trinajstić information content (AvgIpc) is 2.75. The van der Waals surface area contributed by atoms with E-state index in [1.165, 1.54) is 0 Å². The number of aromatic nitrogens is 1. The minimum Gasteiger partial charge on any atom is -0.465 e. The van der Waals surface area contributed by atoms with Crippen molar-refractivity contribution in [1.29, 1.82) is 0 Å². The van der Waals surface area contributed by atoms with Crippen LogP contribution in [-0.4, -0.2) is 4.98 Å². The second kappa shape index (κ2) is 5.47. The van der Waals surface area contributed by atoms with Crippen LogP contribution >= 0.6 is 15.9 Å². The number of halogens is 1. The monoisotopic (exact) mass is 294 g/mol. The summed E-state index contributed by atoms with van der Waals surface area (Å²) in [6, 6.07) is 8.16. The fourth-order valence-electron chi connectivity index (χ4n) is 1.56. The lowest BCUT2D eigenvalue weighted by Crippen LogP contribution is -2.18. The highest BCUT2D eigenvalue weighted by atomic mass is 79.9. The Kier molecular flexibility index (Phi) is 3.97. The molecule has 90 valence electrons. The molecule has 0 aromatic carbocycles. The predicted molar refractivity (Wildman–Crippen MR) is 70.6 cm³/mol. The van der Waals surface area contributed by atoms with Crippen LogP contribution in [0.2, 0.25) is 0 Å². The molecular formula is C13H15BrN2O. The molecule has 2 rings (SSSR count). The van der Waals surface area contributed by atoms with Crippen LogP contribution in [-0.2, 0) is 6.54 Å². The number of aryl methyl sites for hydroxylation is 1. The Hall–Kier alpha value is -1.13. The molecule has 1 unspecified atom stereocenters. The van der Waals surface area contributed by atoms with Crippen LogP contribution in [0.5, 0.6) is 0 Å². The fraction of sp³-hybridized carbons (Fsp3) is 0.308. The highest BCUT2D eigenvalue weighted by Crippen LogP contribution is 2.16. The summed E-state index contributed by atoms with van der Waals surface area (Å²) in [5.74, 6) is 1.90. The van der Waals surface area contributed by atoms with Gasteiger partial charge in [0.05, 0.1) is 11.7 Å². The van der Waals surface area contributed by atoms with Crippen molar-refractivity contribution in [3.8, 4) is 0 Å². The van der Waals surface area contributed by atoms with Crippen molar-refractivity contribution in [2.75, 3.05) is 0 Å². The Morgan fingerprint density at radius 3 is 2.76 bits per heavy atom. The second-order valence-corrected chi connectivity index (χ2v) is 4.93. The summed E-state index contributed by atoms with van der Waals surface area (Å²) in [6.45, 7) is 4.76. The molecule has 0 fully saturated rings. The van der Waals surface area contributed by atoms with Crippen molar-refractivity contribution in [2.45, 2.75) is 26.4 Å². The van der Waals surface area contributed by atoms with Gasteiger partial charge in [0.2, 0.25) is 0 Å². The summed E-state index contributed by atoms with van der Waals surface area (Å²) >= 11 is 3.37. The molecule has 0 spiro atoms. The Bertz CT molecular complexity index is 478. The molecule has 0 aliphatic heterocycles. The maximum absolute atomic E-state index is 5.56. The van der Waals surface area contributed by atoms with Gasteiger partial charge in [0.15, 0.2) is 0 Å². The van der Waals surface area contributed by atoms with Gasteiger partial charge in [-0.05, 0) is 54.0 Å². The van der Waals surface area contributed by atoms with Gasteiger partial charge < -0.3 is 9.73 Å². The third-order valence-corrected chi connectivity index (χ3v) is 3.04. The van der Waals surface area contributed by atoms with Crippen molar-refractivity contribution in [3.05, 3.63) is 52.1 Å². The van der Waals surface area contributed by atoms with Gasteiger partial charge in [-0.25, -0.2) is 0 Å². The minimum atomic E-state index is 0.189. The van der Waals surface area contributed by atoms with E-state index in [1.54, 1.807) is 6.20 Å². The number of hydrogen-bond acceptors (Lipinski definition) is 3. The third kappa shape index (κ3) is 3.41. The van der Waals surface area contributed by atoms with Crippen LogP contribution in [0.4, 0.5) is 0 Å². The highest BCUT2D eigenvalue weighted by Gasteiger charge is 2.08. The number of rotatable bonds is 4. The summed E-state index contributed by atoms with van der Waals surface area (Å²) in [5.41, 5.74) is 1.02. The molecule has 2 heterocycles. The SMILES string of the molecule is Cc1ccc(C(C)NCc2ccc(Br)cn2)o1. The average molecular weight is 295 g/mol. The molecule has 1 N–H and O–H groups in total. The molecule has 1 atom stereocenters. The number of furan rings is 1. The van der Waals surface area contributed by atoms with Crippen molar-refractivity contribution in [1.82, 2.24) is 10.3 Å². The number of hydrogen-bond donors (Lipinski definition) is 1. The largest absolute Gasteiger partial charge is 0.465 e. The van der Waals surface area contributed by atoms with Crippen molar-refractivity contribution in [2.24, 2.45) is 0 Å². The summed E-state index contributed by atoms with van der Waals surface area (Å²) in [6.07, 6.45) is 1.80. The Balaban J connectivity index is 1.92. The number of pyridine rings is 1. The summed E-state index contributed by atoms with van der Waals surface area (Å²) in [7, 11) is 0. The van der Waals surface area contributed by atoms with E-state index in [0.29, 0.717) is 0 Å². The van der Waals surface area contributed by atoms with Gasteiger partial charge in [-0.3, -0.25) is 4.98 Å². The zero-order valence-electron chi connectivity index (χ0n) is 9.90. The molecule has 0 aliphatic carbocycles. The second-order valence-electron chi connectivity index (χ2n) is 4.02. The first-order valence-electron chi connectivity index (χ1n) is 5.55. The van der Waals surface area contributed by atoms with Crippen LogP contribution in [0.25, 0.3) is 0 Å². The molecule has 0 amide bonds. The van der Waals surface area contributed by atoms with Crippen molar-refractivity contribution >= 4 is 15.9 Å². The highest BCUT2D eigenvalue weighted by molar-refractivity contribution is 9.10. The minimum absolute atomic E-state index is 0.189. The van der Waals surface area contributed by atoms with E-state index >= 15 is 0 Å². The van der Waals surface area contributed by atoms with Crippen LogP contribution in [0.1, 0.15) is 30.2 Å². The van der Waals surface area contributed by atoms with E-state index in [0.717, 1.165) is 28.2 Å². The molecule has 3 nitrogen and oxygen atoms in total. The van der Waals surface area contributed by atoms with Crippen molar-refractivity contribution < 1.29 is 4.42 Å². The van der Waals surface area contributed by atoms with Crippen LogP contribution in [0.15, 0.2) is 39.4 Å². The molecular weight excluding hydrogens is 280 g/mol. The van der Waals surface area contributed by atoms with Gasteiger partial charge in [-0.1, -0.05) is 0 Å². The topological polar surface area (TPSA) is 38.1 Å². The number of nitrogens with zero attached hydrogens (tertiary/aromatic N) is 1. The van der Waals surface area contributed by atoms with E-state index in [-0.39, 0.29) is 6.04 Å². The Morgan fingerprint density at radius 2 is 2.18 bits per heavy atom. The van der Waals surface area contributed by atoms with E-state index in [1.807, 2.05) is 31.2 Å². The first-order valence-corrected chi connectivity index (χ1v) is 6.34. The zero-order chi connectivity index (χ0) is 12.3. The zero-order valence-corrected chi connectivity index (χ0v) is 11.5. The molecule has 2 aromatic heterocycles. The van der Waals surface area contributed by atoms with Gasteiger partial charge in [-0.2, -0.15) is 0 Å². The first kappa shape index (κ1) is 12.3. The maximum atomic E-state index is 5.56. The predicted octanol–water partition coefficient (Wildman–Crippen LogP) is 3.60. The molecule has 0 radical (unpaired) electrons. The molecule has 17 heavy (non-hydrogen) atoms. The van der Waals surface area contributed by atoms with Crippen LogP contribution in [0, 0.1) is 6.92 Å². The standard InChI is InChI=1S/C13H15BrN2O/c1-9-3-6-13(17-9)10(2)15-8-12-5-4-11(14)7-16-12/h3-7,10,15H,8H2,1-2H3. The molecule has 0 aliphatic rings. The lowest BCUT2D eigenvalue weighted by molar-refractivity contribution is 0.414. The summed E-state index contributed by atoms with van der Waals surface area (Å²) in [5, 5.41) is 3.38. The molecule has 0 bridgehead atoms. The fourth-order valence-corrected chi connectivity index (χ4v) is 1.79. The summed E-state index contributed by atoms with van der Waals surface area (Å²) in [4.78, 5) is 4.31. The summed E-state index contributed by atoms with van der Waals surface area (Å²) < 4.78 is 6.56. The number of nitrogens with one attached hydrogen (secondary N) is 1. The van der Waals surface area contributed by atoms with Crippen LogP contribution in [0.3, 0.4) is 0 Å². The van der Waals surface area contributed by atoms with E-state index in [9.17, 15) is 0 Å². The third-order valence-electron chi connectivity index (χ3n) is 2.57. The van der Waals surface area contributed by atoms with Gasteiger partial charge >= 0.3 is 0 Å². The van der Waals surface area contributed by atoms with Gasteiger partial charge in [0, 0.05) is 17.2 Å². The quantitative estimate of drug-likeness (QED) is 0.936. The van der Waals surface area contributed by atoms with E-state index in [2.05, 4.69) is 33.2 Å². The molecule has 4 heteroatoms. The van der Waals surface area contributed by atoms with Gasteiger partial charge in [0.1, 0.15) is 11.5 Å². The normalized spacial score (nSPS) is 12.6. The van der Waals surface area contributed by atoms with E-state index < -0.39 is 0 Å².